The number of hydrogen-bond acceptors (Lipinski definition) is 12. The maximum Gasteiger partial charge on any atom is 0.408 e. The maximum atomic E-state index is 15.0. The van der Waals surface area contributed by atoms with Crippen LogP contribution in [0.3, 0.4) is 0 Å². The number of benzene rings is 2. The number of nitrogens with one attached hydrogen (secondary N) is 3. The van der Waals surface area contributed by atoms with Crippen molar-refractivity contribution in [3.8, 4) is 23.0 Å². The van der Waals surface area contributed by atoms with Gasteiger partial charge in [0.25, 0.3) is 11.8 Å². The largest absolute Gasteiger partial charge is 0.493 e. The molecule has 67 heavy (non-hydrogen) atoms. The minimum atomic E-state index is -4.05. The van der Waals surface area contributed by atoms with Crippen LogP contribution < -0.4 is 24.8 Å². The molecule has 2 aliphatic heterocycles. The van der Waals surface area contributed by atoms with Gasteiger partial charge in [-0.05, 0) is 101 Å². The lowest BCUT2D eigenvalue weighted by molar-refractivity contribution is -0.142. The Labute approximate surface area is 391 Å². The third kappa shape index (κ3) is 9.44. The van der Waals surface area contributed by atoms with E-state index in [1.807, 2.05) is 36.4 Å². The van der Waals surface area contributed by atoms with Gasteiger partial charge in [0.05, 0.1) is 23.8 Å². The molecular weight excluding hydrogens is 877 g/mol. The first kappa shape index (κ1) is 46.4. The maximum absolute atomic E-state index is 15.0. The summed E-state index contributed by atoms with van der Waals surface area (Å²) in [7, 11) is -2.50. The van der Waals surface area contributed by atoms with Crippen LogP contribution >= 0.6 is 0 Å². The fourth-order valence-electron chi connectivity index (χ4n) is 9.98. The number of fused-ring (bicyclic) bond motifs is 6. The molecule has 3 aliphatic carbocycles. The molecular formula is C50H62N6O10S. The highest BCUT2D eigenvalue weighted by Gasteiger charge is 2.55. The van der Waals surface area contributed by atoms with Gasteiger partial charge in [-0.3, -0.25) is 19.1 Å². The minimum absolute atomic E-state index is 0.0295. The van der Waals surface area contributed by atoms with E-state index in [9.17, 15) is 27.6 Å². The zero-order valence-electron chi connectivity index (χ0n) is 39.1. The first-order chi connectivity index (χ1) is 32.0. The molecule has 0 radical (unpaired) electrons. The number of allylic oxidation sites excluding steroid dienone is 1. The van der Waals surface area contributed by atoms with E-state index in [-0.39, 0.29) is 48.8 Å². The van der Waals surface area contributed by atoms with Gasteiger partial charge < -0.3 is 34.2 Å². The van der Waals surface area contributed by atoms with Crippen LogP contribution in [-0.4, -0.2) is 95.3 Å². The van der Waals surface area contributed by atoms with E-state index in [0.29, 0.717) is 66.6 Å². The molecule has 17 heteroatoms. The summed E-state index contributed by atoms with van der Waals surface area (Å²) in [5.41, 5.74) is 2.30. The summed E-state index contributed by atoms with van der Waals surface area (Å²) in [5.74, 6) is -1.00. The van der Waals surface area contributed by atoms with Crippen molar-refractivity contribution >= 4 is 55.9 Å². The Hall–Kier alpha value is -5.71. The second-order valence-electron chi connectivity index (χ2n) is 20.4. The molecule has 4 aromatic rings. The van der Waals surface area contributed by atoms with Crippen molar-refractivity contribution in [3.63, 3.8) is 0 Å². The van der Waals surface area contributed by atoms with Crippen molar-refractivity contribution in [1.29, 1.82) is 0 Å². The lowest BCUT2D eigenvalue weighted by atomic mass is 9.87. The van der Waals surface area contributed by atoms with E-state index in [4.69, 9.17) is 28.6 Å². The van der Waals surface area contributed by atoms with E-state index in [0.717, 1.165) is 55.2 Å². The molecule has 5 aliphatic rings. The predicted octanol–water partition coefficient (Wildman–Crippen LogP) is 7.66. The van der Waals surface area contributed by atoms with Gasteiger partial charge in [0, 0.05) is 18.4 Å². The number of rotatable bonds is 9. The number of para-hydroxylation sites is 1. The van der Waals surface area contributed by atoms with Gasteiger partial charge in [-0.1, -0.05) is 75.6 Å². The van der Waals surface area contributed by atoms with Gasteiger partial charge in [0.1, 0.15) is 35.3 Å². The Bertz CT molecular complexity index is 2720. The summed E-state index contributed by atoms with van der Waals surface area (Å²) in [6.45, 7) is 7.93. The average molecular weight is 939 g/mol. The van der Waals surface area contributed by atoms with Crippen LogP contribution in [0.2, 0.25) is 0 Å². The van der Waals surface area contributed by atoms with E-state index in [1.165, 1.54) is 4.90 Å². The monoisotopic (exact) mass is 938 g/mol. The molecule has 1 saturated heterocycles. The molecule has 0 unspecified atom stereocenters. The highest BCUT2D eigenvalue weighted by molar-refractivity contribution is 7.91. The first-order valence-electron chi connectivity index (χ1n) is 23.8. The van der Waals surface area contributed by atoms with Crippen LogP contribution in [0.4, 0.5) is 4.79 Å². The van der Waals surface area contributed by atoms with Crippen LogP contribution in [0, 0.1) is 0 Å². The summed E-state index contributed by atoms with van der Waals surface area (Å²) in [4.78, 5) is 69.0. The van der Waals surface area contributed by atoms with E-state index in [2.05, 4.69) is 42.2 Å². The fraction of sp³-hybridized carbons (Fsp3) is 0.560. The van der Waals surface area contributed by atoms with Crippen LogP contribution in [0.25, 0.3) is 33.5 Å². The summed E-state index contributed by atoms with van der Waals surface area (Å²) in [6, 6.07) is 11.3. The van der Waals surface area contributed by atoms with E-state index < -0.39 is 62.3 Å². The van der Waals surface area contributed by atoms with Crippen LogP contribution in [0.5, 0.6) is 11.6 Å². The van der Waals surface area contributed by atoms with Crippen molar-refractivity contribution in [3.05, 3.63) is 59.7 Å². The van der Waals surface area contributed by atoms with E-state index in [1.54, 1.807) is 20.1 Å². The number of nitrogens with zero attached hydrogens (tertiary/aromatic N) is 3. The standard InChI is InChI=1S/C50H62N6O10S/c1-48(2,3)32-21-19-31(20-22-32)42-52-39-35-16-12-18-38(63-5)40(35)66-41(39)44(53-42)64-34-27-37-43(57)54-50(46(59)55-67(61,62)49(4)25-26-49)24-23-30(28-50)13-8-6-7-9-17-36(45(58)56(37)29-34)51-47(60)65-33-14-10-11-15-33/h12-13,16,18-22,33-34,36-37H,6-11,14-15,17,23-29H2,1-5H3,(H,51,60)(H,54,57)(H,55,59)/b30-13-/t34-,36+,37+,50-/m1/s1. The molecule has 358 valence electrons. The van der Waals surface area contributed by atoms with Gasteiger partial charge in [-0.2, -0.15) is 4.98 Å². The summed E-state index contributed by atoms with van der Waals surface area (Å²) < 4.78 is 52.8. The lowest BCUT2D eigenvalue weighted by Gasteiger charge is -2.33. The Kier molecular flexibility index (Phi) is 12.5. The average Bonchev–Trinajstić information content (AvgIpc) is 3.75. The van der Waals surface area contributed by atoms with Crippen molar-refractivity contribution in [2.45, 2.75) is 164 Å². The summed E-state index contributed by atoms with van der Waals surface area (Å²) in [6.07, 6.45) is 8.53. The predicted molar refractivity (Wildman–Crippen MR) is 251 cm³/mol. The molecule has 0 spiro atoms. The summed E-state index contributed by atoms with van der Waals surface area (Å²) in [5, 5.41) is 6.52. The number of hydrogen-bond donors (Lipinski definition) is 3. The molecule has 16 nitrogen and oxygen atoms in total. The Balaban J connectivity index is 1.08. The van der Waals surface area contributed by atoms with Gasteiger partial charge in [-0.15, -0.1) is 0 Å². The van der Waals surface area contributed by atoms with Gasteiger partial charge in [0.2, 0.25) is 27.4 Å². The Morgan fingerprint density at radius 3 is 2.39 bits per heavy atom. The lowest BCUT2D eigenvalue weighted by Crippen LogP contribution is -2.62. The molecule has 4 heterocycles. The van der Waals surface area contributed by atoms with E-state index >= 15 is 0 Å². The Morgan fingerprint density at radius 2 is 1.67 bits per heavy atom. The first-order valence-corrected chi connectivity index (χ1v) is 25.3. The second kappa shape index (κ2) is 18.1. The number of aromatic nitrogens is 2. The van der Waals surface area contributed by atoms with Crippen molar-refractivity contribution in [1.82, 2.24) is 30.2 Å². The van der Waals surface area contributed by atoms with Gasteiger partial charge in [0.15, 0.2) is 17.2 Å². The highest BCUT2D eigenvalue weighted by Crippen LogP contribution is 2.44. The molecule has 4 atom stereocenters. The number of amides is 4. The molecule has 2 bridgehead atoms. The molecule has 4 amide bonds. The SMILES string of the molecule is COc1cccc2c1oc1c(O[C@@H]3C[C@H]4C(=O)N[C@]5(C(=O)NS(=O)(=O)C6(C)CC6)CC/C(=C/CCCCC[C@H](NC(=O)OC6CCCC6)C(=O)N4C3)C5)nc(-c3ccc(C(C)(C)C)cc3)nc12. The number of ether oxygens (including phenoxy) is 3. The molecule has 4 fully saturated rings. The van der Waals surface area contributed by atoms with Crippen molar-refractivity contribution in [2.24, 2.45) is 0 Å². The summed E-state index contributed by atoms with van der Waals surface area (Å²) >= 11 is 0. The number of carbonyl (C=O) groups excluding carboxylic acids is 4. The van der Waals surface area contributed by atoms with Crippen LogP contribution in [0.1, 0.15) is 130 Å². The van der Waals surface area contributed by atoms with Crippen molar-refractivity contribution < 1.29 is 46.2 Å². The van der Waals surface area contributed by atoms with Gasteiger partial charge >= 0.3 is 6.09 Å². The third-order valence-electron chi connectivity index (χ3n) is 14.5. The molecule has 2 aromatic heterocycles. The number of alkyl carbamates (subject to hydrolysis) is 1. The topological polar surface area (TPSA) is 208 Å². The number of furan rings is 1. The normalized spacial score (nSPS) is 25.7. The van der Waals surface area contributed by atoms with Crippen LogP contribution in [0.15, 0.2) is 58.5 Å². The smallest absolute Gasteiger partial charge is 0.408 e. The van der Waals surface area contributed by atoms with Gasteiger partial charge in [-0.25, -0.2) is 18.2 Å². The fourth-order valence-corrected chi connectivity index (χ4v) is 11.3. The van der Waals surface area contributed by atoms with Crippen molar-refractivity contribution in [2.75, 3.05) is 13.7 Å². The Morgan fingerprint density at radius 1 is 0.925 bits per heavy atom. The molecule has 3 N–H and O–H groups in total. The quantitative estimate of drug-likeness (QED) is 0.138. The zero-order chi connectivity index (χ0) is 47.3. The zero-order valence-corrected chi connectivity index (χ0v) is 39.9. The minimum Gasteiger partial charge on any atom is -0.493 e. The highest BCUT2D eigenvalue weighted by atomic mass is 32.2. The van der Waals surface area contributed by atoms with Crippen LogP contribution in [-0.2, 0) is 34.6 Å². The second-order valence-corrected chi connectivity index (χ2v) is 22.6. The molecule has 2 aromatic carbocycles. The third-order valence-corrected chi connectivity index (χ3v) is 16.6. The molecule has 3 saturated carbocycles. The number of methoxy groups -OCH3 is 1. The number of sulfonamides is 1. The molecule has 9 rings (SSSR count). The number of carbonyl (C=O) groups is 4.